The summed E-state index contributed by atoms with van der Waals surface area (Å²) in [5.41, 5.74) is 8.89. The minimum Gasteiger partial charge on any atom is -0.508 e. The van der Waals surface area contributed by atoms with Crippen molar-refractivity contribution in [3.05, 3.63) is 130 Å². The van der Waals surface area contributed by atoms with Crippen molar-refractivity contribution in [2.75, 3.05) is 0 Å². The number of aliphatic hydroxyl groups is 4. The standard InChI is InChI=1S/C17H24O2.C17H22O2.C16H21FO2.C16H19FO2/c2*1-11-9-14(18)4-5-15(11)12-7-8-17(2)13(10-12)3-6-16(17)19;2*1-16-7-6-10(8-11(16)2-5-15(16)19)13-4-3-12(18)9-14(13)17/h4-5,9,12-13,16,18-19H,3,6-8,10H2,1-2H3;4-5,7,9,13,16,18-19H,3,6,8,10H2,1-2H3;3-4,9-11,15,18-19H,2,5-8H2,1H3;3-4,6,9,11,15,18-19H,2,5,7-8H2,1H3/t12-,13-,16-,17-;13-,16-,17-;10-,11-,15-,16-;11-,15-,16-/m0000/s1. The Kier molecular flexibility index (Phi) is 16.3. The predicted octanol–water partition coefficient (Wildman–Crippen LogP) is 14.5. The summed E-state index contributed by atoms with van der Waals surface area (Å²) in [5, 5.41) is 78.2. The third kappa shape index (κ3) is 11.0. The average Bonchev–Trinajstić information content (AvgIpc) is 4.07. The number of fused-ring (bicyclic) bond motifs is 4. The Morgan fingerprint density at radius 3 is 1.25 bits per heavy atom. The lowest BCUT2D eigenvalue weighted by molar-refractivity contribution is 0.00843. The third-order valence-corrected chi connectivity index (χ3v) is 21.6. The van der Waals surface area contributed by atoms with E-state index in [0.29, 0.717) is 46.7 Å². The molecule has 4 aromatic carbocycles. The van der Waals surface area contributed by atoms with Crippen LogP contribution in [0.15, 0.2) is 84.9 Å². The number of benzene rings is 4. The molecule has 0 heterocycles. The third-order valence-electron chi connectivity index (χ3n) is 21.6. The first-order chi connectivity index (χ1) is 36.0. The Labute approximate surface area is 450 Å². The van der Waals surface area contributed by atoms with Crippen molar-refractivity contribution in [3.63, 3.8) is 0 Å². The van der Waals surface area contributed by atoms with Gasteiger partial charge in [-0.25, -0.2) is 8.78 Å². The van der Waals surface area contributed by atoms with Crippen molar-refractivity contribution in [1.29, 1.82) is 0 Å². The van der Waals surface area contributed by atoms with Crippen molar-refractivity contribution < 1.29 is 49.6 Å². The van der Waals surface area contributed by atoms with E-state index in [1.54, 1.807) is 30.3 Å². The number of hydrogen-bond donors (Lipinski definition) is 8. The first kappa shape index (κ1) is 56.0. The van der Waals surface area contributed by atoms with Crippen LogP contribution in [0.25, 0.3) is 11.1 Å². The zero-order valence-corrected chi connectivity index (χ0v) is 45.9. The zero-order chi connectivity index (χ0) is 54.5. The van der Waals surface area contributed by atoms with Crippen LogP contribution in [0.1, 0.15) is 188 Å². The first-order valence-electron chi connectivity index (χ1n) is 28.7. The molecule has 8 aliphatic rings. The molecular weight excluding hydrogens is 959 g/mol. The second-order valence-corrected chi connectivity index (χ2v) is 25.8. The largest absolute Gasteiger partial charge is 0.508 e. The maximum absolute atomic E-state index is 13.9. The molecule has 6 fully saturated rings. The number of rotatable bonds is 4. The van der Waals surface area contributed by atoms with E-state index in [1.807, 2.05) is 25.1 Å². The van der Waals surface area contributed by atoms with Crippen molar-refractivity contribution in [2.24, 2.45) is 45.3 Å². The van der Waals surface area contributed by atoms with Crippen LogP contribution in [0.4, 0.5) is 8.78 Å². The van der Waals surface area contributed by atoms with Gasteiger partial charge in [-0.15, -0.1) is 0 Å². The van der Waals surface area contributed by atoms with Crippen LogP contribution in [0.2, 0.25) is 0 Å². The van der Waals surface area contributed by atoms with E-state index in [-0.39, 0.29) is 75.1 Å². The molecule has 8 nitrogen and oxygen atoms in total. The molecule has 12 rings (SSSR count). The van der Waals surface area contributed by atoms with Crippen molar-refractivity contribution in [3.8, 4) is 23.0 Å². The molecule has 4 aromatic rings. The minimum absolute atomic E-state index is 0.0156. The fraction of sp³-hybridized carbons (Fsp3) is 0.576. The number of halogens is 2. The van der Waals surface area contributed by atoms with Gasteiger partial charge in [0.15, 0.2) is 0 Å². The Balaban J connectivity index is 0.000000124. The topological polar surface area (TPSA) is 162 Å². The normalized spacial score (nSPS) is 36.1. The molecule has 412 valence electrons. The molecule has 14 atom stereocenters. The summed E-state index contributed by atoms with van der Waals surface area (Å²) >= 11 is 0. The van der Waals surface area contributed by atoms with E-state index < -0.39 is 0 Å². The molecule has 0 spiro atoms. The Hall–Kier alpha value is -4.74. The summed E-state index contributed by atoms with van der Waals surface area (Å²) in [4.78, 5) is 0. The summed E-state index contributed by atoms with van der Waals surface area (Å²) in [6.07, 6.45) is 21.6. The lowest BCUT2D eigenvalue weighted by Crippen LogP contribution is -2.37. The maximum atomic E-state index is 13.9. The summed E-state index contributed by atoms with van der Waals surface area (Å²) < 4.78 is 27.8. The Morgan fingerprint density at radius 2 is 0.789 bits per heavy atom. The summed E-state index contributed by atoms with van der Waals surface area (Å²) in [7, 11) is 0. The number of aromatic hydroxyl groups is 4. The molecule has 0 unspecified atom stereocenters. The van der Waals surface area contributed by atoms with E-state index in [0.717, 1.165) is 125 Å². The van der Waals surface area contributed by atoms with Gasteiger partial charge in [0.1, 0.15) is 34.6 Å². The van der Waals surface area contributed by atoms with E-state index in [1.165, 1.54) is 47.2 Å². The van der Waals surface area contributed by atoms with Crippen LogP contribution in [0, 0.1) is 70.8 Å². The molecule has 0 aliphatic heterocycles. The highest BCUT2D eigenvalue weighted by molar-refractivity contribution is 5.70. The molecule has 6 saturated carbocycles. The van der Waals surface area contributed by atoms with Gasteiger partial charge in [0.05, 0.1) is 24.4 Å². The highest BCUT2D eigenvalue weighted by atomic mass is 19.1. The monoisotopic (exact) mass is 1040 g/mol. The van der Waals surface area contributed by atoms with Gasteiger partial charge in [0, 0.05) is 28.5 Å². The second kappa shape index (κ2) is 22.2. The number of phenolic OH excluding ortho intramolecular Hbond substituents is 4. The van der Waals surface area contributed by atoms with Crippen molar-refractivity contribution in [2.45, 2.75) is 193 Å². The molecule has 0 radical (unpaired) electrons. The lowest BCUT2D eigenvalue weighted by atomic mass is 9.64. The van der Waals surface area contributed by atoms with Crippen LogP contribution in [-0.2, 0) is 0 Å². The lowest BCUT2D eigenvalue weighted by Gasteiger charge is -2.42. The molecule has 76 heavy (non-hydrogen) atoms. The number of allylic oxidation sites excluding steroid dienone is 4. The van der Waals surface area contributed by atoms with Gasteiger partial charge >= 0.3 is 0 Å². The molecule has 0 bridgehead atoms. The SMILES string of the molecule is C[C@]12CC=C(c3ccc(O)cc3F)C[C@@H]1CC[C@@H]2O.C[C@]12CC[C@H](c3ccc(O)cc3F)C[C@@H]1CC[C@@H]2O.Cc1cc(O)ccc1C1=CC[C@@]2(C)[C@@H](CC[C@@H]2O)C1.Cc1cc(O)ccc1[C@H]1CC[C@@]2(C)[C@@H](CC[C@@H]2O)C1. The summed E-state index contributed by atoms with van der Waals surface area (Å²) in [6, 6.07) is 20.2. The smallest absolute Gasteiger partial charge is 0.134 e. The van der Waals surface area contributed by atoms with Crippen LogP contribution >= 0.6 is 0 Å². The number of aryl methyl sites for hydroxylation is 2. The minimum atomic E-state index is -0.367. The van der Waals surface area contributed by atoms with Gasteiger partial charge in [0.25, 0.3) is 0 Å². The quantitative estimate of drug-likeness (QED) is 0.100. The van der Waals surface area contributed by atoms with Gasteiger partial charge < -0.3 is 40.9 Å². The fourth-order valence-corrected chi connectivity index (χ4v) is 16.0. The van der Waals surface area contributed by atoms with Gasteiger partial charge in [-0.2, -0.15) is 0 Å². The summed E-state index contributed by atoms with van der Waals surface area (Å²) in [5.74, 6) is 2.97. The molecular formula is C66H86F2O8. The summed E-state index contributed by atoms with van der Waals surface area (Å²) in [6.45, 7) is 13.0. The van der Waals surface area contributed by atoms with Crippen LogP contribution < -0.4 is 0 Å². The molecule has 0 aromatic heterocycles. The maximum Gasteiger partial charge on any atom is 0.134 e. The van der Waals surface area contributed by atoms with E-state index in [4.69, 9.17) is 0 Å². The van der Waals surface area contributed by atoms with Gasteiger partial charge in [0.2, 0.25) is 0 Å². The molecule has 0 saturated heterocycles. The van der Waals surface area contributed by atoms with Crippen molar-refractivity contribution in [1.82, 2.24) is 0 Å². The fourth-order valence-electron chi connectivity index (χ4n) is 16.0. The van der Waals surface area contributed by atoms with E-state index in [2.05, 4.69) is 52.8 Å². The number of phenols is 4. The molecule has 10 heteroatoms. The predicted molar refractivity (Wildman–Crippen MR) is 297 cm³/mol. The van der Waals surface area contributed by atoms with Crippen LogP contribution in [-0.4, -0.2) is 65.3 Å². The average molecular weight is 1050 g/mol. The van der Waals surface area contributed by atoms with E-state index >= 15 is 0 Å². The zero-order valence-electron chi connectivity index (χ0n) is 45.9. The van der Waals surface area contributed by atoms with Gasteiger partial charge in [-0.3, -0.25) is 0 Å². The highest BCUT2D eigenvalue weighted by Crippen LogP contribution is 2.58. The van der Waals surface area contributed by atoms with Crippen LogP contribution in [0.3, 0.4) is 0 Å². The van der Waals surface area contributed by atoms with Crippen molar-refractivity contribution >= 4 is 11.1 Å². The highest BCUT2D eigenvalue weighted by Gasteiger charge is 2.51. The first-order valence-corrected chi connectivity index (χ1v) is 28.7. The number of aliphatic hydroxyl groups excluding tert-OH is 4. The van der Waals surface area contributed by atoms with Gasteiger partial charge in [-0.05, 0) is 257 Å². The number of hydrogen-bond acceptors (Lipinski definition) is 8. The Morgan fingerprint density at radius 1 is 0.408 bits per heavy atom. The second-order valence-electron chi connectivity index (χ2n) is 25.8. The molecule has 8 N–H and O–H groups in total. The molecule has 8 aliphatic carbocycles. The Bertz CT molecular complexity index is 2600. The van der Waals surface area contributed by atoms with E-state index in [9.17, 15) is 49.6 Å². The van der Waals surface area contributed by atoms with Gasteiger partial charge in [-0.1, -0.05) is 58.0 Å². The van der Waals surface area contributed by atoms with Crippen LogP contribution in [0.5, 0.6) is 23.0 Å². The molecule has 0 amide bonds.